The molecule has 3 aromatic rings. The lowest BCUT2D eigenvalue weighted by molar-refractivity contribution is -0.112. The Kier molecular flexibility index (Phi) is 8.04. The molecule has 190 valence electrons. The summed E-state index contributed by atoms with van der Waals surface area (Å²) in [5.74, 6) is -0.271. The highest BCUT2D eigenvalue weighted by Crippen LogP contribution is 2.39. The van der Waals surface area contributed by atoms with Gasteiger partial charge in [-0.25, -0.2) is 0 Å². The maximum Gasteiger partial charge on any atom is 0.262 e. The molecule has 2 N–H and O–H groups in total. The van der Waals surface area contributed by atoms with Gasteiger partial charge in [0.2, 0.25) is 0 Å². The Hall–Kier alpha value is -3.39. The molecule has 0 bridgehead atoms. The molecule has 0 radical (unpaired) electrons. The Morgan fingerprint density at radius 2 is 1.70 bits per heavy atom. The third-order valence-electron chi connectivity index (χ3n) is 6.74. The zero-order chi connectivity index (χ0) is 25.6. The second-order valence-electron chi connectivity index (χ2n) is 9.55. The first-order chi connectivity index (χ1) is 18.0. The van der Waals surface area contributed by atoms with Crippen molar-refractivity contribution in [1.29, 1.82) is 0 Å². The standard InChI is InChI=1S/C30H32N4O2S/c1-22-7-9-23(10-8-22)19-28-30(36)32-26-20-25(11-12-27(26)37-28)29(35)31-13-14-33-15-17-34(18-16-33)21-24-5-3-2-4-6-24/h2-12,19-20H,13-18,21H2,1H3,(H,31,35)(H,32,36)/b28-19+. The molecule has 2 amide bonds. The van der Waals surface area contributed by atoms with Crippen molar-refractivity contribution >= 4 is 35.3 Å². The van der Waals surface area contributed by atoms with E-state index in [1.54, 1.807) is 6.07 Å². The summed E-state index contributed by atoms with van der Waals surface area (Å²) in [5.41, 5.74) is 4.75. The average molecular weight is 513 g/mol. The lowest BCUT2D eigenvalue weighted by atomic mass is 10.1. The Morgan fingerprint density at radius 1 is 0.973 bits per heavy atom. The Bertz CT molecular complexity index is 1280. The van der Waals surface area contributed by atoms with Crippen LogP contribution in [0.25, 0.3) is 6.08 Å². The van der Waals surface area contributed by atoms with E-state index in [1.807, 2.05) is 49.4 Å². The first-order valence-electron chi connectivity index (χ1n) is 12.7. The first-order valence-corrected chi connectivity index (χ1v) is 13.5. The van der Waals surface area contributed by atoms with Crippen molar-refractivity contribution in [2.24, 2.45) is 0 Å². The third kappa shape index (κ3) is 6.68. The predicted octanol–water partition coefficient (Wildman–Crippen LogP) is 4.63. The van der Waals surface area contributed by atoms with Crippen LogP contribution in [0.4, 0.5) is 5.69 Å². The number of benzene rings is 3. The van der Waals surface area contributed by atoms with Crippen LogP contribution in [0, 0.1) is 6.92 Å². The van der Waals surface area contributed by atoms with Crippen molar-refractivity contribution < 1.29 is 9.59 Å². The normalized spacial score (nSPS) is 17.3. The van der Waals surface area contributed by atoms with Gasteiger partial charge in [-0.1, -0.05) is 71.9 Å². The Labute approximate surface area is 222 Å². The molecule has 1 saturated heterocycles. The van der Waals surface area contributed by atoms with Crippen LogP contribution >= 0.6 is 11.8 Å². The molecule has 5 rings (SSSR count). The molecule has 1 fully saturated rings. The maximum atomic E-state index is 12.8. The summed E-state index contributed by atoms with van der Waals surface area (Å²) in [6.07, 6.45) is 1.89. The monoisotopic (exact) mass is 512 g/mol. The van der Waals surface area contributed by atoms with E-state index in [0.717, 1.165) is 49.7 Å². The van der Waals surface area contributed by atoms with Crippen LogP contribution in [0.1, 0.15) is 27.0 Å². The van der Waals surface area contributed by atoms with Gasteiger partial charge < -0.3 is 10.6 Å². The number of hydrogen-bond donors (Lipinski definition) is 2. The largest absolute Gasteiger partial charge is 0.351 e. The number of piperazine rings is 1. The second-order valence-corrected chi connectivity index (χ2v) is 10.6. The van der Waals surface area contributed by atoms with Crippen LogP contribution in [0.15, 0.2) is 82.6 Å². The van der Waals surface area contributed by atoms with E-state index in [-0.39, 0.29) is 11.8 Å². The number of rotatable bonds is 7. The molecule has 0 aliphatic carbocycles. The number of nitrogens with zero attached hydrogens (tertiary/aromatic N) is 2. The number of aryl methyl sites for hydroxylation is 1. The fourth-order valence-electron chi connectivity index (χ4n) is 4.56. The fourth-order valence-corrected chi connectivity index (χ4v) is 5.49. The molecule has 0 spiro atoms. The number of hydrogen-bond acceptors (Lipinski definition) is 5. The second kappa shape index (κ2) is 11.8. The van der Waals surface area contributed by atoms with Crippen molar-refractivity contribution in [3.63, 3.8) is 0 Å². The van der Waals surface area contributed by atoms with E-state index in [1.165, 1.54) is 22.9 Å². The SMILES string of the molecule is Cc1ccc(/C=C2/Sc3ccc(C(=O)NCCN4CCN(Cc5ccccc5)CC4)cc3NC2=O)cc1. The van der Waals surface area contributed by atoms with Crippen molar-refractivity contribution in [2.75, 3.05) is 44.6 Å². The molecule has 2 heterocycles. The van der Waals surface area contributed by atoms with Crippen LogP contribution in [-0.4, -0.2) is 60.9 Å². The Morgan fingerprint density at radius 3 is 2.46 bits per heavy atom. The van der Waals surface area contributed by atoms with E-state index >= 15 is 0 Å². The number of amides is 2. The summed E-state index contributed by atoms with van der Waals surface area (Å²) in [7, 11) is 0. The zero-order valence-electron chi connectivity index (χ0n) is 21.1. The minimum absolute atomic E-state index is 0.120. The maximum absolute atomic E-state index is 12.8. The molecule has 0 atom stereocenters. The summed E-state index contributed by atoms with van der Waals surface area (Å²) < 4.78 is 0. The lowest BCUT2D eigenvalue weighted by Gasteiger charge is -2.34. The summed E-state index contributed by atoms with van der Waals surface area (Å²) in [5, 5.41) is 5.98. The van der Waals surface area contributed by atoms with Gasteiger partial charge in [-0.15, -0.1) is 0 Å². The number of carbonyl (C=O) groups is 2. The molecule has 7 heteroatoms. The zero-order valence-corrected chi connectivity index (χ0v) is 21.9. The molecular weight excluding hydrogens is 480 g/mol. The van der Waals surface area contributed by atoms with Gasteiger partial charge in [-0.2, -0.15) is 0 Å². The molecule has 0 saturated carbocycles. The van der Waals surface area contributed by atoms with Crippen LogP contribution in [0.2, 0.25) is 0 Å². The summed E-state index contributed by atoms with van der Waals surface area (Å²) >= 11 is 1.43. The van der Waals surface area contributed by atoms with Gasteiger partial charge in [0.05, 0.1) is 10.6 Å². The smallest absolute Gasteiger partial charge is 0.262 e. The predicted molar refractivity (Wildman–Crippen MR) is 151 cm³/mol. The highest BCUT2D eigenvalue weighted by Gasteiger charge is 2.22. The van der Waals surface area contributed by atoms with Gasteiger partial charge in [0.1, 0.15) is 0 Å². The van der Waals surface area contributed by atoms with Crippen molar-refractivity contribution in [2.45, 2.75) is 18.4 Å². The Balaban J connectivity index is 1.10. The number of anilines is 1. The molecule has 2 aliphatic heterocycles. The van der Waals surface area contributed by atoms with Crippen molar-refractivity contribution in [3.8, 4) is 0 Å². The van der Waals surface area contributed by atoms with E-state index < -0.39 is 0 Å². The van der Waals surface area contributed by atoms with Gasteiger partial charge in [0.15, 0.2) is 0 Å². The molecule has 0 unspecified atom stereocenters. The van der Waals surface area contributed by atoms with Crippen molar-refractivity contribution in [3.05, 3.63) is 100.0 Å². The highest BCUT2D eigenvalue weighted by molar-refractivity contribution is 8.04. The van der Waals surface area contributed by atoms with E-state index in [4.69, 9.17) is 0 Å². The van der Waals surface area contributed by atoms with Crippen LogP contribution in [0.3, 0.4) is 0 Å². The number of carbonyl (C=O) groups excluding carboxylic acids is 2. The first kappa shape index (κ1) is 25.3. The number of nitrogens with one attached hydrogen (secondary N) is 2. The fraction of sp³-hybridized carbons (Fsp3) is 0.267. The molecule has 37 heavy (non-hydrogen) atoms. The topological polar surface area (TPSA) is 64.7 Å². The minimum Gasteiger partial charge on any atom is -0.351 e. The molecule has 2 aliphatic rings. The summed E-state index contributed by atoms with van der Waals surface area (Å²) in [4.78, 5) is 31.9. The van der Waals surface area contributed by atoms with Gasteiger partial charge in [0, 0.05) is 56.3 Å². The highest BCUT2D eigenvalue weighted by atomic mass is 32.2. The quantitative estimate of drug-likeness (QED) is 0.452. The lowest BCUT2D eigenvalue weighted by Crippen LogP contribution is -2.48. The minimum atomic E-state index is -0.151. The van der Waals surface area contributed by atoms with Crippen molar-refractivity contribution in [1.82, 2.24) is 15.1 Å². The number of thioether (sulfide) groups is 1. The van der Waals surface area contributed by atoms with E-state index in [9.17, 15) is 9.59 Å². The van der Waals surface area contributed by atoms with Crippen LogP contribution in [-0.2, 0) is 11.3 Å². The summed E-state index contributed by atoms with van der Waals surface area (Å²) in [6, 6.07) is 24.1. The number of fused-ring (bicyclic) bond motifs is 1. The molecule has 6 nitrogen and oxygen atoms in total. The molecule has 3 aromatic carbocycles. The van der Waals surface area contributed by atoms with Crippen LogP contribution < -0.4 is 10.6 Å². The van der Waals surface area contributed by atoms with Gasteiger partial charge in [-0.05, 0) is 42.3 Å². The van der Waals surface area contributed by atoms with Gasteiger partial charge in [-0.3, -0.25) is 19.4 Å². The van der Waals surface area contributed by atoms with Gasteiger partial charge >= 0.3 is 0 Å². The van der Waals surface area contributed by atoms with E-state index in [0.29, 0.717) is 22.7 Å². The molecule has 0 aromatic heterocycles. The third-order valence-corrected chi connectivity index (χ3v) is 7.84. The summed E-state index contributed by atoms with van der Waals surface area (Å²) in [6.45, 7) is 8.52. The average Bonchev–Trinajstić information content (AvgIpc) is 2.91. The van der Waals surface area contributed by atoms with E-state index in [2.05, 4.69) is 50.8 Å². The van der Waals surface area contributed by atoms with Gasteiger partial charge in [0.25, 0.3) is 11.8 Å². The van der Waals surface area contributed by atoms with Crippen LogP contribution in [0.5, 0.6) is 0 Å². The molecular formula is C30H32N4O2S.